The Morgan fingerprint density at radius 1 is 0.900 bits per heavy atom. The van der Waals surface area contributed by atoms with Gasteiger partial charge in [-0.05, 0) is 89.3 Å². The van der Waals surface area contributed by atoms with E-state index < -0.39 is 10.0 Å². The summed E-state index contributed by atoms with van der Waals surface area (Å²) in [5, 5.41) is 3.20. The van der Waals surface area contributed by atoms with Crippen LogP contribution < -0.4 is 0 Å². The second-order valence-corrected chi connectivity index (χ2v) is 12.6. The highest BCUT2D eigenvalue weighted by Gasteiger charge is 2.35. The van der Waals surface area contributed by atoms with E-state index in [1.165, 1.54) is 23.1 Å². The Kier molecular flexibility index (Phi) is 4.67. The molecule has 0 N–H and O–H groups in total. The van der Waals surface area contributed by atoms with E-state index in [9.17, 15) is 4.39 Å². The van der Waals surface area contributed by atoms with Crippen molar-refractivity contribution in [2.24, 2.45) is 0 Å². The molecule has 152 valence electrons. The number of hydrogen-bond donors (Lipinski definition) is 0. The molecule has 0 bridgehead atoms. The maximum atomic E-state index is 14.9. The Bertz CT molecular complexity index is 1240. The first-order chi connectivity index (χ1) is 14.4. The zero-order valence-electron chi connectivity index (χ0n) is 17.7. The molecular formula is C27H26FNS. The number of halogens is 1. The molecule has 0 atom stereocenters. The molecule has 1 heterocycles. The summed E-state index contributed by atoms with van der Waals surface area (Å²) >= 11 is 0. The van der Waals surface area contributed by atoms with E-state index in [0.29, 0.717) is 11.1 Å². The lowest BCUT2D eigenvalue weighted by Crippen LogP contribution is -2.02. The van der Waals surface area contributed by atoms with Gasteiger partial charge in [0.15, 0.2) is 0 Å². The molecule has 1 fully saturated rings. The highest BCUT2D eigenvalue weighted by molar-refractivity contribution is 8.33. The van der Waals surface area contributed by atoms with Crippen LogP contribution in [0.2, 0.25) is 0 Å². The van der Waals surface area contributed by atoms with Gasteiger partial charge in [0.1, 0.15) is 5.82 Å². The lowest BCUT2D eigenvalue weighted by atomic mass is 9.96. The summed E-state index contributed by atoms with van der Waals surface area (Å²) in [6, 6.07) is 22.5. The van der Waals surface area contributed by atoms with Crippen molar-refractivity contribution in [3.05, 3.63) is 84.3 Å². The zero-order valence-corrected chi connectivity index (χ0v) is 18.5. The smallest absolute Gasteiger partial charge is 0.133 e. The van der Waals surface area contributed by atoms with Crippen molar-refractivity contribution >= 4 is 20.8 Å². The fraction of sp³-hybridized carbons (Fsp3) is 0.222. The highest BCUT2D eigenvalue weighted by Crippen LogP contribution is 2.62. The molecule has 0 unspecified atom stereocenters. The third-order valence-electron chi connectivity index (χ3n) is 6.31. The number of aromatic nitrogens is 1. The summed E-state index contributed by atoms with van der Waals surface area (Å²) in [6.45, 7) is 1.83. The second kappa shape index (κ2) is 7.24. The maximum absolute atomic E-state index is 14.9. The van der Waals surface area contributed by atoms with Crippen LogP contribution in [-0.4, -0.2) is 22.7 Å². The molecule has 0 saturated heterocycles. The van der Waals surface area contributed by atoms with E-state index in [0.717, 1.165) is 27.5 Å². The van der Waals surface area contributed by atoms with Crippen molar-refractivity contribution < 1.29 is 4.39 Å². The van der Waals surface area contributed by atoms with E-state index in [4.69, 9.17) is 4.98 Å². The van der Waals surface area contributed by atoms with Crippen LogP contribution in [0.15, 0.2) is 77.8 Å². The van der Waals surface area contributed by atoms with Crippen LogP contribution in [0.25, 0.3) is 33.2 Å². The molecule has 1 aliphatic carbocycles. The van der Waals surface area contributed by atoms with E-state index in [1.807, 2.05) is 55.6 Å². The van der Waals surface area contributed by atoms with Crippen LogP contribution in [0, 0.1) is 12.7 Å². The van der Waals surface area contributed by atoms with Gasteiger partial charge in [0.05, 0.1) is 5.69 Å². The molecule has 0 amide bonds. The summed E-state index contributed by atoms with van der Waals surface area (Å²) in [5.41, 5.74) is 4.03. The van der Waals surface area contributed by atoms with Crippen molar-refractivity contribution in [1.82, 2.24) is 4.98 Å². The number of pyridine rings is 1. The minimum atomic E-state index is -0.760. The van der Waals surface area contributed by atoms with Crippen LogP contribution in [-0.2, 0) is 0 Å². The Labute approximate surface area is 179 Å². The Morgan fingerprint density at radius 3 is 2.40 bits per heavy atom. The fourth-order valence-corrected chi connectivity index (χ4v) is 6.85. The first-order valence-electron chi connectivity index (χ1n) is 10.4. The molecule has 0 spiro atoms. The first kappa shape index (κ1) is 19.3. The molecule has 3 aromatic carbocycles. The van der Waals surface area contributed by atoms with Gasteiger partial charge in [-0.3, -0.25) is 4.98 Å². The molecule has 5 rings (SSSR count). The topological polar surface area (TPSA) is 12.9 Å². The Balaban J connectivity index is 1.66. The summed E-state index contributed by atoms with van der Waals surface area (Å²) in [6.07, 6.45) is 9.47. The van der Waals surface area contributed by atoms with Crippen molar-refractivity contribution in [2.45, 2.75) is 29.9 Å². The molecule has 1 aliphatic rings. The fourth-order valence-electron chi connectivity index (χ4n) is 4.30. The minimum Gasteiger partial charge on any atom is -0.256 e. The number of hydrogen-bond acceptors (Lipinski definition) is 1. The minimum absolute atomic E-state index is 0.165. The summed E-state index contributed by atoms with van der Waals surface area (Å²) in [5.74, 6) is -0.165. The molecule has 0 radical (unpaired) electrons. The molecule has 30 heavy (non-hydrogen) atoms. The summed E-state index contributed by atoms with van der Waals surface area (Å²) < 4.78 is 14.9. The lowest BCUT2D eigenvalue weighted by molar-refractivity contribution is 0.622. The number of benzene rings is 3. The van der Waals surface area contributed by atoms with Gasteiger partial charge in [-0.2, -0.15) is 0 Å². The average Bonchev–Trinajstić information content (AvgIpc) is 3.61. The van der Waals surface area contributed by atoms with Crippen LogP contribution in [0.3, 0.4) is 0 Å². The Hall–Kier alpha value is -2.65. The molecule has 0 aliphatic heterocycles. The van der Waals surface area contributed by atoms with Crippen molar-refractivity contribution in [3.63, 3.8) is 0 Å². The molecule has 1 aromatic heterocycles. The van der Waals surface area contributed by atoms with Gasteiger partial charge in [0.25, 0.3) is 0 Å². The van der Waals surface area contributed by atoms with Crippen LogP contribution in [0.4, 0.5) is 4.39 Å². The van der Waals surface area contributed by atoms with Gasteiger partial charge >= 0.3 is 0 Å². The largest absolute Gasteiger partial charge is 0.256 e. The lowest BCUT2D eigenvalue weighted by Gasteiger charge is -2.32. The standard InChI is InChI=1S/C27H26FNS/c1-18-15-21(17-25(26(18)28)19-7-5-4-6-8-19)27-24-12-11-23(16-20(24)13-14-29-27)30(2,3)22-9-10-22/h4-8,11-17,22H,9-10H2,1-3H3. The van der Waals surface area contributed by atoms with Crippen molar-refractivity contribution in [3.8, 4) is 22.4 Å². The molecule has 3 heteroatoms. The van der Waals surface area contributed by atoms with E-state index in [1.54, 1.807) is 0 Å². The average molecular weight is 416 g/mol. The zero-order chi connectivity index (χ0) is 20.9. The van der Waals surface area contributed by atoms with Gasteiger partial charge in [0.2, 0.25) is 0 Å². The maximum Gasteiger partial charge on any atom is 0.133 e. The van der Waals surface area contributed by atoms with Crippen LogP contribution >= 0.6 is 10.0 Å². The number of nitrogens with zero attached hydrogens (tertiary/aromatic N) is 1. The second-order valence-electron chi connectivity index (χ2n) is 8.67. The van der Waals surface area contributed by atoms with Gasteiger partial charge in [-0.15, -0.1) is 0 Å². The Morgan fingerprint density at radius 2 is 1.67 bits per heavy atom. The van der Waals surface area contributed by atoms with Gasteiger partial charge < -0.3 is 0 Å². The number of aryl methyl sites for hydroxylation is 1. The summed E-state index contributed by atoms with van der Waals surface area (Å²) in [7, 11) is -0.760. The van der Waals surface area contributed by atoms with E-state index >= 15 is 0 Å². The molecule has 4 aromatic rings. The highest BCUT2D eigenvalue weighted by atomic mass is 32.3. The predicted octanol–water partition coefficient (Wildman–Crippen LogP) is 7.60. The molecule has 1 saturated carbocycles. The number of fused-ring (bicyclic) bond motifs is 1. The van der Waals surface area contributed by atoms with Crippen molar-refractivity contribution in [2.75, 3.05) is 12.5 Å². The van der Waals surface area contributed by atoms with Crippen LogP contribution in [0.1, 0.15) is 18.4 Å². The SMILES string of the molecule is Cc1cc(-c2nccc3cc(S(C)(C)C4CC4)ccc23)cc(-c2ccccc2)c1F. The van der Waals surface area contributed by atoms with Gasteiger partial charge in [-0.1, -0.05) is 36.4 Å². The number of rotatable bonds is 4. The van der Waals surface area contributed by atoms with Gasteiger partial charge in [-0.25, -0.2) is 14.4 Å². The third kappa shape index (κ3) is 3.31. The van der Waals surface area contributed by atoms with E-state index in [2.05, 4.69) is 36.8 Å². The monoisotopic (exact) mass is 415 g/mol. The normalized spacial score (nSPS) is 14.8. The quantitative estimate of drug-likeness (QED) is 0.334. The van der Waals surface area contributed by atoms with Gasteiger partial charge in [0, 0.05) is 22.7 Å². The predicted molar refractivity (Wildman–Crippen MR) is 128 cm³/mol. The molecule has 1 nitrogen and oxygen atoms in total. The van der Waals surface area contributed by atoms with Crippen molar-refractivity contribution in [1.29, 1.82) is 0 Å². The van der Waals surface area contributed by atoms with Crippen LogP contribution in [0.5, 0.6) is 0 Å². The third-order valence-corrected chi connectivity index (χ3v) is 9.92. The molecular weight excluding hydrogens is 389 g/mol. The first-order valence-corrected chi connectivity index (χ1v) is 12.9. The summed E-state index contributed by atoms with van der Waals surface area (Å²) in [4.78, 5) is 6.17. The van der Waals surface area contributed by atoms with E-state index in [-0.39, 0.29) is 5.82 Å².